The first-order valence-corrected chi connectivity index (χ1v) is 5.82. The molecular formula is C13H19NO4. The monoisotopic (exact) mass is 253 g/mol. The van der Waals surface area contributed by atoms with Gasteiger partial charge < -0.3 is 9.47 Å². The molecule has 1 amide bonds. The predicted octanol–water partition coefficient (Wildman–Crippen LogP) is 1.70. The van der Waals surface area contributed by atoms with Crippen LogP contribution in [0.2, 0.25) is 0 Å². The number of rotatable bonds is 7. The normalized spacial score (nSPS) is 9.94. The molecule has 0 spiro atoms. The van der Waals surface area contributed by atoms with Crippen molar-refractivity contribution >= 4 is 5.91 Å². The van der Waals surface area contributed by atoms with Gasteiger partial charge >= 0.3 is 0 Å². The van der Waals surface area contributed by atoms with E-state index in [-0.39, 0.29) is 5.91 Å². The van der Waals surface area contributed by atoms with Gasteiger partial charge in [-0.25, -0.2) is 5.48 Å². The molecule has 0 saturated carbocycles. The summed E-state index contributed by atoms with van der Waals surface area (Å²) in [5.74, 6) is 1.29. The molecule has 0 saturated heterocycles. The van der Waals surface area contributed by atoms with Crippen molar-refractivity contribution in [3.63, 3.8) is 0 Å². The lowest BCUT2D eigenvalue weighted by Gasteiger charge is -2.08. The van der Waals surface area contributed by atoms with Crippen LogP contribution >= 0.6 is 0 Å². The van der Waals surface area contributed by atoms with E-state index in [1.807, 2.05) is 19.1 Å². The van der Waals surface area contributed by atoms with Crippen molar-refractivity contribution in [2.75, 3.05) is 20.8 Å². The molecule has 18 heavy (non-hydrogen) atoms. The highest BCUT2D eigenvalue weighted by molar-refractivity contribution is 5.75. The van der Waals surface area contributed by atoms with Crippen LogP contribution in [0.5, 0.6) is 11.5 Å². The molecule has 0 unspecified atom stereocenters. The zero-order valence-electron chi connectivity index (χ0n) is 11.0. The second-order valence-electron chi connectivity index (χ2n) is 3.68. The Hall–Kier alpha value is -1.75. The zero-order chi connectivity index (χ0) is 13.4. The Morgan fingerprint density at radius 3 is 2.28 bits per heavy atom. The molecular weight excluding hydrogens is 234 g/mol. The number of amides is 1. The SMILES string of the molecule is CCONC(=O)CCc1cc(OC)cc(OC)c1. The van der Waals surface area contributed by atoms with Crippen LogP contribution in [-0.4, -0.2) is 26.7 Å². The Kier molecular flexibility index (Phi) is 6.00. The maximum absolute atomic E-state index is 11.4. The van der Waals surface area contributed by atoms with Crippen LogP contribution in [0, 0.1) is 0 Å². The van der Waals surface area contributed by atoms with E-state index in [0.717, 1.165) is 17.1 Å². The number of carbonyl (C=O) groups excluding carboxylic acids is 1. The largest absolute Gasteiger partial charge is 0.497 e. The average molecular weight is 253 g/mol. The number of methoxy groups -OCH3 is 2. The topological polar surface area (TPSA) is 56.8 Å². The van der Waals surface area contributed by atoms with E-state index in [1.165, 1.54) is 0 Å². The second-order valence-corrected chi connectivity index (χ2v) is 3.68. The van der Waals surface area contributed by atoms with E-state index < -0.39 is 0 Å². The van der Waals surface area contributed by atoms with E-state index in [2.05, 4.69) is 5.48 Å². The number of hydroxylamine groups is 1. The van der Waals surface area contributed by atoms with Crippen molar-refractivity contribution in [3.8, 4) is 11.5 Å². The molecule has 0 aliphatic rings. The summed E-state index contributed by atoms with van der Waals surface area (Å²) in [5, 5.41) is 0. The fourth-order valence-electron chi connectivity index (χ4n) is 1.47. The first kappa shape index (κ1) is 14.3. The number of carbonyl (C=O) groups is 1. The van der Waals surface area contributed by atoms with Crippen LogP contribution in [0.3, 0.4) is 0 Å². The fourth-order valence-corrected chi connectivity index (χ4v) is 1.47. The predicted molar refractivity (Wildman–Crippen MR) is 67.6 cm³/mol. The van der Waals surface area contributed by atoms with Crippen molar-refractivity contribution in [1.29, 1.82) is 0 Å². The van der Waals surface area contributed by atoms with Crippen LogP contribution in [0.1, 0.15) is 18.9 Å². The summed E-state index contributed by atoms with van der Waals surface area (Å²) in [5.41, 5.74) is 3.34. The van der Waals surface area contributed by atoms with Gasteiger partial charge in [-0.05, 0) is 31.0 Å². The fraction of sp³-hybridized carbons (Fsp3) is 0.462. The quantitative estimate of drug-likeness (QED) is 0.751. The molecule has 0 bridgehead atoms. The number of benzene rings is 1. The molecule has 1 aromatic rings. The highest BCUT2D eigenvalue weighted by atomic mass is 16.6. The molecule has 5 nitrogen and oxygen atoms in total. The van der Waals surface area contributed by atoms with Crippen molar-refractivity contribution in [2.45, 2.75) is 19.8 Å². The smallest absolute Gasteiger partial charge is 0.243 e. The van der Waals surface area contributed by atoms with Gasteiger partial charge in [0.25, 0.3) is 0 Å². The van der Waals surface area contributed by atoms with Crippen molar-refractivity contribution in [2.24, 2.45) is 0 Å². The summed E-state index contributed by atoms with van der Waals surface area (Å²) in [6, 6.07) is 5.57. The van der Waals surface area contributed by atoms with Crippen molar-refractivity contribution < 1.29 is 19.1 Å². The zero-order valence-corrected chi connectivity index (χ0v) is 11.0. The summed E-state index contributed by atoms with van der Waals surface area (Å²) >= 11 is 0. The number of ether oxygens (including phenoxy) is 2. The summed E-state index contributed by atoms with van der Waals surface area (Å²) in [7, 11) is 3.20. The van der Waals surface area contributed by atoms with Gasteiger partial charge in [-0.3, -0.25) is 9.63 Å². The minimum atomic E-state index is -0.140. The van der Waals surface area contributed by atoms with Crippen LogP contribution in [0.4, 0.5) is 0 Å². The molecule has 0 atom stereocenters. The molecule has 0 radical (unpaired) electrons. The Morgan fingerprint density at radius 1 is 1.17 bits per heavy atom. The van der Waals surface area contributed by atoms with Crippen LogP contribution in [0.25, 0.3) is 0 Å². The third-order valence-corrected chi connectivity index (χ3v) is 2.38. The van der Waals surface area contributed by atoms with Gasteiger partial charge in [-0.15, -0.1) is 0 Å². The third-order valence-electron chi connectivity index (χ3n) is 2.38. The van der Waals surface area contributed by atoms with Gasteiger partial charge in [0, 0.05) is 12.5 Å². The van der Waals surface area contributed by atoms with Crippen molar-refractivity contribution in [3.05, 3.63) is 23.8 Å². The minimum absolute atomic E-state index is 0.140. The lowest BCUT2D eigenvalue weighted by atomic mass is 10.1. The Balaban J connectivity index is 2.58. The number of hydrogen-bond donors (Lipinski definition) is 1. The van der Waals surface area contributed by atoms with Gasteiger partial charge in [-0.2, -0.15) is 0 Å². The number of nitrogens with one attached hydrogen (secondary N) is 1. The highest BCUT2D eigenvalue weighted by Crippen LogP contribution is 2.23. The molecule has 0 aliphatic carbocycles. The van der Waals surface area contributed by atoms with Crippen LogP contribution in [0.15, 0.2) is 18.2 Å². The molecule has 1 aromatic carbocycles. The molecule has 0 fully saturated rings. The first-order valence-electron chi connectivity index (χ1n) is 5.82. The van der Waals surface area contributed by atoms with Gasteiger partial charge in [-0.1, -0.05) is 0 Å². The van der Waals surface area contributed by atoms with E-state index in [9.17, 15) is 4.79 Å². The van der Waals surface area contributed by atoms with Gasteiger partial charge in [0.15, 0.2) is 0 Å². The number of hydrogen-bond acceptors (Lipinski definition) is 4. The second kappa shape index (κ2) is 7.55. The maximum atomic E-state index is 11.4. The number of aryl methyl sites for hydroxylation is 1. The summed E-state index contributed by atoms with van der Waals surface area (Å²) in [6.45, 7) is 2.27. The molecule has 1 N–H and O–H groups in total. The summed E-state index contributed by atoms with van der Waals surface area (Å²) < 4.78 is 10.3. The van der Waals surface area contributed by atoms with Crippen LogP contribution in [-0.2, 0) is 16.1 Å². The Bertz CT molecular complexity index is 370. The molecule has 0 heterocycles. The van der Waals surface area contributed by atoms with Crippen molar-refractivity contribution in [1.82, 2.24) is 5.48 Å². The maximum Gasteiger partial charge on any atom is 0.243 e. The molecule has 0 aromatic heterocycles. The lowest BCUT2D eigenvalue weighted by molar-refractivity contribution is -0.133. The Labute approximate surface area is 107 Å². The molecule has 1 rings (SSSR count). The van der Waals surface area contributed by atoms with E-state index >= 15 is 0 Å². The highest BCUT2D eigenvalue weighted by Gasteiger charge is 2.05. The van der Waals surface area contributed by atoms with Gasteiger partial charge in [0.1, 0.15) is 11.5 Å². The van der Waals surface area contributed by atoms with Gasteiger partial charge in [0.05, 0.1) is 20.8 Å². The minimum Gasteiger partial charge on any atom is -0.497 e. The average Bonchev–Trinajstić information content (AvgIpc) is 2.42. The first-order chi connectivity index (χ1) is 8.69. The van der Waals surface area contributed by atoms with E-state index in [4.69, 9.17) is 14.3 Å². The van der Waals surface area contributed by atoms with Gasteiger partial charge in [0.2, 0.25) is 5.91 Å². The third kappa shape index (κ3) is 4.63. The van der Waals surface area contributed by atoms with Crippen LogP contribution < -0.4 is 15.0 Å². The summed E-state index contributed by atoms with van der Waals surface area (Å²) in [6.07, 6.45) is 0.961. The Morgan fingerprint density at radius 2 is 1.78 bits per heavy atom. The standard InChI is InChI=1S/C13H19NO4/c1-4-18-14-13(15)6-5-10-7-11(16-2)9-12(8-10)17-3/h7-9H,4-6H2,1-3H3,(H,14,15). The van der Waals surface area contributed by atoms with E-state index in [1.54, 1.807) is 20.3 Å². The lowest BCUT2D eigenvalue weighted by Crippen LogP contribution is -2.23. The summed E-state index contributed by atoms with van der Waals surface area (Å²) in [4.78, 5) is 16.2. The molecule has 0 aliphatic heterocycles. The van der Waals surface area contributed by atoms with E-state index in [0.29, 0.717) is 19.4 Å². The molecule has 5 heteroatoms. The molecule has 100 valence electrons.